The maximum absolute atomic E-state index is 13.7. The molecule has 2 aliphatic carbocycles. The molecule has 4 rings (SSSR count). The molecule has 0 aromatic heterocycles. The molecule has 1 heterocycles. The molecule has 186 valence electrons. The quantitative estimate of drug-likeness (QED) is 0.431. The van der Waals surface area contributed by atoms with E-state index in [9.17, 15) is 9.59 Å². The fourth-order valence-corrected chi connectivity index (χ4v) is 6.03. The number of carbonyl (C=O) groups excluding carboxylic acids is 2. The van der Waals surface area contributed by atoms with Crippen molar-refractivity contribution in [2.45, 2.75) is 116 Å². The van der Waals surface area contributed by atoms with Crippen LogP contribution in [-0.4, -0.2) is 35.0 Å². The van der Waals surface area contributed by atoms with Gasteiger partial charge in [0.15, 0.2) is 0 Å². The highest BCUT2D eigenvalue weighted by molar-refractivity contribution is 6.31. The van der Waals surface area contributed by atoms with Crippen LogP contribution in [0.5, 0.6) is 0 Å². The van der Waals surface area contributed by atoms with Crippen LogP contribution < -0.4 is 5.32 Å². The van der Waals surface area contributed by atoms with E-state index < -0.39 is 12.1 Å². The first kappa shape index (κ1) is 25.2. The molecule has 1 aromatic carbocycles. The van der Waals surface area contributed by atoms with Crippen molar-refractivity contribution in [3.63, 3.8) is 0 Å². The molecule has 1 aliphatic heterocycles. The van der Waals surface area contributed by atoms with Gasteiger partial charge in [0.05, 0.1) is 6.10 Å². The van der Waals surface area contributed by atoms with Gasteiger partial charge in [-0.05, 0) is 80.3 Å². The summed E-state index contributed by atoms with van der Waals surface area (Å²) in [5.41, 5.74) is 4.31. The van der Waals surface area contributed by atoms with Gasteiger partial charge >= 0.3 is 6.03 Å². The van der Waals surface area contributed by atoms with Crippen molar-refractivity contribution in [3.8, 4) is 0 Å². The largest absolute Gasteiger partial charge is 0.368 e. The second kappa shape index (κ2) is 11.3. The highest BCUT2D eigenvalue weighted by Gasteiger charge is 2.47. The molecule has 1 aromatic rings. The van der Waals surface area contributed by atoms with Crippen molar-refractivity contribution < 1.29 is 14.3 Å². The van der Waals surface area contributed by atoms with Crippen LogP contribution in [-0.2, 0) is 16.0 Å². The highest BCUT2D eigenvalue weighted by atomic mass is 35.5. The Balaban J connectivity index is 1.71. The van der Waals surface area contributed by atoms with E-state index in [2.05, 4.69) is 31.3 Å². The zero-order valence-electron chi connectivity index (χ0n) is 20.9. The molecule has 34 heavy (non-hydrogen) atoms. The van der Waals surface area contributed by atoms with Crippen molar-refractivity contribution in [2.24, 2.45) is 0 Å². The number of amides is 3. The molecule has 3 amide bonds. The third-order valence-electron chi connectivity index (χ3n) is 7.70. The molecule has 2 saturated carbocycles. The second-order valence-electron chi connectivity index (χ2n) is 10.2. The number of ether oxygens (including phenoxy) is 1. The predicted molar refractivity (Wildman–Crippen MR) is 137 cm³/mol. The summed E-state index contributed by atoms with van der Waals surface area (Å²) >= 11 is 6.26. The van der Waals surface area contributed by atoms with E-state index in [4.69, 9.17) is 16.3 Å². The molecule has 1 N–H and O–H groups in total. The Morgan fingerprint density at radius 2 is 1.76 bits per heavy atom. The number of hydrogen-bond donors (Lipinski definition) is 1. The van der Waals surface area contributed by atoms with Gasteiger partial charge in [-0.3, -0.25) is 9.69 Å². The van der Waals surface area contributed by atoms with E-state index in [1.807, 2.05) is 13.0 Å². The van der Waals surface area contributed by atoms with Crippen LogP contribution in [0.25, 0.3) is 6.08 Å². The number of rotatable bonds is 7. The standard InChI is InChI=1S/C28H39ClN2O3/c1-4-20-15-18(2)24(17-21(20)16-19(3)29)26(34-23-13-9-6-10-14-23)25-27(32)31(28(33)30-25)22-11-7-5-8-12-22/h15-17,22-23,25-26H,4-14H2,1-3H3,(H,30,33)/b19-16+. The lowest BCUT2D eigenvalue weighted by atomic mass is 9.90. The number of allylic oxidation sites excluding steroid dienone is 1. The van der Waals surface area contributed by atoms with E-state index in [0.717, 1.165) is 74.5 Å². The molecular weight excluding hydrogens is 448 g/mol. The van der Waals surface area contributed by atoms with Crippen LogP contribution in [0.2, 0.25) is 0 Å². The number of aryl methyl sites for hydroxylation is 2. The Bertz CT molecular complexity index is 928. The SMILES string of the molecule is CCc1cc(C)c(C(OC2CCCCC2)C2NC(=O)N(C3CCCCC3)C2=O)cc1/C=C(\C)Cl. The van der Waals surface area contributed by atoms with Gasteiger partial charge in [-0.25, -0.2) is 4.79 Å². The Hall–Kier alpha value is -1.85. The first-order valence-electron chi connectivity index (χ1n) is 13.1. The molecule has 1 saturated heterocycles. The van der Waals surface area contributed by atoms with Crippen molar-refractivity contribution >= 4 is 29.6 Å². The van der Waals surface area contributed by atoms with Crippen molar-refractivity contribution in [2.75, 3.05) is 0 Å². The van der Waals surface area contributed by atoms with E-state index in [-0.39, 0.29) is 24.1 Å². The average Bonchev–Trinajstić information content (AvgIpc) is 3.13. The number of nitrogens with one attached hydrogen (secondary N) is 1. The summed E-state index contributed by atoms with van der Waals surface area (Å²) < 4.78 is 6.71. The topological polar surface area (TPSA) is 58.6 Å². The zero-order chi connectivity index (χ0) is 24.2. The van der Waals surface area contributed by atoms with E-state index in [1.165, 1.54) is 23.3 Å². The Morgan fingerprint density at radius 1 is 1.12 bits per heavy atom. The molecular formula is C28H39ClN2O3. The first-order valence-corrected chi connectivity index (χ1v) is 13.5. The number of imide groups is 1. The molecule has 6 heteroatoms. The molecule has 0 bridgehead atoms. The number of benzene rings is 1. The van der Waals surface area contributed by atoms with Gasteiger partial charge < -0.3 is 10.1 Å². The highest BCUT2D eigenvalue weighted by Crippen LogP contribution is 2.36. The van der Waals surface area contributed by atoms with Gasteiger partial charge in [0.2, 0.25) is 0 Å². The monoisotopic (exact) mass is 486 g/mol. The minimum absolute atomic E-state index is 0.00235. The van der Waals surface area contributed by atoms with Crippen LogP contribution in [0.4, 0.5) is 4.79 Å². The van der Waals surface area contributed by atoms with Crippen molar-refractivity contribution in [1.82, 2.24) is 10.2 Å². The smallest absolute Gasteiger partial charge is 0.325 e. The third kappa shape index (κ3) is 5.52. The Kier molecular flexibility index (Phi) is 8.36. The fourth-order valence-electron chi connectivity index (χ4n) is 5.91. The molecule has 0 spiro atoms. The number of halogens is 1. The van der Waals surface area contributed by atoms with Crippen molar-refractivity contribution in [3.05, 3.63) is 39.4 Å². The Labute approximate surface area is 209 Å². The summed E-state index contributed by atoms with van der Waals surface area (Å²) in [5.74, 6) is -0.137. The molecule has 3 fully saturated rings. The second-order valence-corrected chi connectivity index (χ2v) is 10.8. The maximum Gasteiger partial charge on any atom is 0.325 e. The zero-order valence-corrected chi connectivity index (χ0v) is 21.6. The summed E-state index contributed by atoms with van der Waals surface area (Å²) in [4.78, 5) is 28.2. The predicted octanol–water partition coefficient (Wildman–Crippen LogP) is 6.80. The summed E-state index contributed by atoms with van der Waals surface area (Å²) in [7, 11) is 0. The lowest BCUT2D eigenvalue weighted by Gasteiger charge is -2.32. The van der Waals surface area contributed by atoms with Gasteiger partial charge in [-0.1, -0.05) is 63.1 Å². The molecule has 2 unspecified atom stereocenters. The molecule has 0 radical (unpaired) electrons. The van der Waals surface area contributed by atoms with Gasteiger partial charge in [-0.2, -0.15) is 0 Å². The molecule has 5 nitrogen and oxygen atoms in total. The number of carbonyl (C=O) groups is 2. The fraction of sp³-hybridized carbons (Fsp3) is 0.643. The van der Waals surface area contributed by atoms with Gasteiger partial charge in [-0.15, -0.1) is 0 Å². The van der Waals surface area contributed by atoms with Crippen LogP contribution in [0.3, 0.4) is 0 Å². The van der Waals surface area contributed by atoms with E-state index in [0.29, 0.717) is 5.03 Å². The Morgan fingerprint density at radius 3 is 2.38 bits per heavy atom. The van der Waals surface area contributed by atoms with Crippen LogP contribution in [0, 0.1) is 6.92 Å². The average molecular weight is 487 g/mol. The summed E-state index contributed by atoms with van der Waals surface area (Å²) in [5, 5.41) is 3.74. The molecule has 2 atom stereocenters. The normalized spacial score (nSPS) is 23.9. The minimum atomic E-state index is -0.698. The maximum atomic E-state index is 13.7. The van der Waals surface area contributed by atoms with Gasteiger partial charge in [0.1, 0.15) is 12.1 Å². The minimum Gasteiger partial charge on any atom is -0.368 e. The molecule has 3 aliphatic rings. The van der Waals surface area contributed by atoms with E-state index >= 15 is 0 Å². The van der Waals surface area contributed by atoms with Crippen LogP contribution >= 0.6 is 11.6 Å². The number of nitrogens with zero attached hydrogens (tertiary/aromatic N) is 1. The summed E-state index contributed by atoms with van der Waals surface area (Å²) in [6, 6.07) is 3.34. The van der Waals surface area contributed by atoms with Crippen molar-refractivity contribution in [1.29, 1.82) is 0 Å². The van der Waals surface area contributed by atoms with Crippen LogP contribution in [0.1, 0.15) is 106 Å². The lowest BCUT2D eigenvalue weighted by Crippen LogP contribution is -2.43. The third-order valence-corrected chi connectivity index (χ3v) is 7.81. The number of urea groups is 1. The summed E-state index contributed by atoms with van der Waals surface area (Å²) in [6.07, 6.45) is 13.1. The van der Waals surface area contributed by atoms with Gasteiger partial charge in [0, 0.05) is 11.1 Å². The lowest BCUT2D eigenvalue weighted by molar-refractivity contribution is -0.135. The number of hydrogen-bond acceptors (Lipinski definition) is 3. The summed E-state index contributed by atoms with van der Waals surface area (Å²) in [6.45, 7) is 6.08. The first-order chi connectivity index (χ1) is 16.4. The van der Waals surface area contributed by atoms with Gasteiger partial charge in [0.25, 0.3) is 5.91 Å². The van der Waals surface area contributed by atoms with Crippen LogP contribution in [0.15, 0.2) is 17.2 Å². The van der Waals surface area contributed by atoms with E-state index in [1.54, 1.807) is 0 Å².